The van der Waals surface area contributed by atoms with Crippen molar-refractivity contribution in [3.8, 4) is 0 Å². The van der Waals surface area contributed by atoms with Crippen LogP contribution in [0.3, 0.4) is 0 Å². The average molecular weight is 255 g/mol. The van der Waals surface area contributed by atoms with E-state index in [2.05, 4.69) is 12.2 Å². The van der Waals surface area contributed by atoms with Crippen LogP contribution in [0.4, 0.5) is 0 Å². The van der Waals surface area contributed by atoms with Gasteiger partial charge >= 0.3 is 5.97 Å². The number of hydrogen-bond donors (Lipinski definition) is 1. The van der Waals surface area contributed by atoms with Gasteiger partial charge in [0, 0.05) is 6.42 Å². The third-order valence-electron chi connectivity index (χ3n) is 3.31. The molecule has 1 heterocycles. The van der Waals surface area contributed by atoms with Crippen molar-refractivity contribution in [1.29, 1.82) is 0 Å². The second kappa shape index (κ2) is 8.11. The Labute approximate surface area is 109 Å². The molecule has 1 fully saturated rings. The van der Waals surface area contributed by atoms with E-state index in [1.807, 2.05) is 6.92 Å². The molecule has 4 nitrogen and oxygen atoms in total. The lowest BCUT2D eigenvalue weighted by Gasteiger charge is -2.16. The third-order valence-corrected chi connectivity index (χ3v) is 3.31. The Morgan fingerprint density at radius 1 is 1.39 bits per heavy atom. The van der Waals surface area contributed by atoms with Crippen LogP contribution in [0.25, 0.3) is 0 Å². The first-order chi connectivity index (χ1) is 8.63. The number of carbonyl (C=O) groups excluding carboxylic acids is 2. The number of amides is 1. The van der Waals surface area contributed by atoms with Crippen LogP contribution in [-0.4, -0.2) is 24.0 Å². The SMILES string of the molecule is CCCCCCCC(C)OC(=O)C1CCC(=O)N1. The topological polar surface area (TPSA) is 55.4 Å². The van der Waals surface area contributed by atoms with Gasteiger partial charge in [0.2, 0.25) is 5.91 Å². The molecule has 0 saturated carbocycles. The van der Waals surface area contributed by atoms with E-state index in [0.29, 0.717) is 12.8 Å². The van der Waals surface area contributed by atoms with E-state index in [1.54, 1.807) is 0 Å². The fraction of sp³-hybridized carbons (Fsp3) is 0.857. The van der Waals surface area contributed by atoms with Crippen LogP contribution in [0.1, 0.15) is 65.2 Å². The van der Waals surface area contributed by atoms with Gasteiger partial charge in [-0.15, -0.1) is 0 Å². The first-order valence-electron chi connectivity index (χ1n) is 7.13. The number of esters is 1. The van der Waals surface area contributed by atoms with Crippen LogP contribution < -0.4 is 5.32 Å². The lowest BCUT2D eigenvalue weighted by atomic mass is 10.1. The van der Waals surface area contributed by atoms with E-state index in [1.165, 1.54) is 25.7 Å². The van der Waals surface area contributed by atoms with E-state index in [0.717, 1.165) is 12.8 Å². The van der Waals surface area contributed by atoms with Crippen molar-refractivity contribution in [3.63, 3.8) is 0 Å². The Kier molecular flexibility index (Phi) is 6.76. The van der Waals surface area contributed by atoms with Crippen molar-refractivity contribution < 1.29 is 14.3 Å². The smallest absolute Gasteiger partial charge is 0.328 e. The number of nitrogens with one attached hydrogen (secondary N) is 1. The van der Waals surface area contributed by atoms with Crippen LogP contribution >= 0.6 is 0 Å². The van der Waals surface area contributed by atoms with Crippen LogP contribution in [0.15, 0.2) is 0 Å². The van der Waals surface area contributed by atoms with Crippen LogP contribution in [0.2, 0.25) is 0 Å². The van der Waals surface area contributed by atoms with E-state index in [4.69, 9.17) is 4.74 Å². The summed E-state index contributed by atoms with van der Waals surface area (Å²) in [5, 5.41) is 2.63. The Bertz CT molecular complexity index is 278. The average Bonchev–Trinajstić information content (AvgIpc) is 2.75. The predicted octanol–water partition coefficient (Wildman–Crippen LogP) is 2.56. The van der Waals surface area contributed by atoms with Gasteiger partial charge in [-0.05, 0) is 26.2 Å². The lowest BCUT2D eigenvalue weighted by Crippen LogP contribution is -2.36. The minimum absolute atomic E-state index is 0.0448. The minimum atomic E-state index is -0.417. The van der Waals surface area contributed by atoms with Gasteiger partial charge in [-0.3, -0.25) is 4.79 Å². The molecular weight excluding hydrogens is 230 g/mol. The van der Waals surface area contributed by atoms with Crippen molar-refractivity contribution in [2.75, 3.05) is 0 Å². The van der Waals surface area contributed by atoms with Crippen molar-refractivity contribution in [2.24, 2.45) is 0 Å². The quantitative estimate of drug-likeness (QED) is 0.535. The first-order valence-corrected chi connectivity index (χ1v) is 7.13. The molecule has 2 unspecified atom stereocenters. The minimum Gasteiger partial charge on any atom is -0.461 e. The molecule has 0 radical (unpaired) electrons. The summed E-state index contributed by atoms with van der Waals surface area (Å²) in [6.45, 7) is 4.12. The lowest BCUT2D eigenvalue weighted by molar-refractivity contribution is -0.151. The fourth-order valence-electron chi connectivity index (χ4n) is 2.17. The first kappa shape index (κ1) is 15.0. The van der Waals surface area contributed by atoms with Crippen molar-refractivity contribution in [2.45, 2.75) is 77.4 Å². The Morgan fingerprint density at radius 3 is 2.72 bits per heavy atom. The number of carbonyl (C=O) groups is 2. The largest absolute Gasteiger partial charge is 0.461 e. The maximum Gasteiger partial charge on any atom is 0.328 e. The van der Waals surface area contributed by atoms with Crippen LogP contribution in [-0.2, 0) is 14.3 Å². The zero-order chi connectivity index (χ0) is 13.4. The maximum atomic E-state index is 11.7. The molecule has 0 aromatic heterocycles. The third kappa shape index (κ3) is 5.52. The number of ether oxygens (including phenoxy) is 1. The molecule has 1 N–H and O–H groups in total. The summed E-state index contributed by atoms with van der Waals surface area (Å²) in [6, 6.07) is -0.417. The summed E-state index contributed by atoms with van der Waals surface area (Å²) >= 11 is 0. The van der Waals surface area contributed by atoms with Gasteiger partial charge in [0.05, 0.1) is 6.10 Å². The van der Waals surface area contributed by atoms with Gasteiger partial charge in [0.15, 0.2) is 0 Å². The molecule has 0 aromatic rings. The van der Waals surface area contributed by atoms with Gasteiger partial charge < -0.3 is 10.1 Å². The predicted molar refractivity (Wildman–Crippen MR) is 70.1 cm³/mol. The Balaban J connectivity index is 2.09. The standard InChI is InChI=1S/C14H25NO3/c1-3-4-5-6-7-8-11(2)18-14(17)12-9-10-13(16)15-12/h11-12H,3-10H2,1-2H3,(H,15,16). The molecule has 1 amide bonds. The van der Waals surface area contributed by atoms with E-state index < -0.39 is 6.04 Å². The van der Waals surface area contributed by atoms with Gasteiger partial charge in [0.25, 0.3) is 0 Å². The molecule has 1 aliphatic heterocycles. The maximum absolute atomic E-state index is 11.7. The fourth-order valence-corrected chi connectivity index (χ4v) is 2.17. The highest BCUT2D eigenvalue weighted by atomic mass is 16.5. The molecule has 18 heavy (non-hydrogen) atoms. The number of unbranched alkanes of at least 4 members (excludes halogenated alkanes) is 4. The van der Waals surface area contributed by atoms with Gasteiger partial charge in [-0.1, -0.05) is 32.6 Å². The number of rotatable bonds is 8. The molecule has 0 aliphatic carbocycles. The van der Waals surface area contributed by atoms with Crippen LogP contribution in [0, 0.1) is 0 Å². The van der Waals surface area contributed by atoms with E-state index >= 15 is 0 Å². The van der Waals surface area contributed by atoms with Gasteiger partial charge in [-0.25, -0.2) is 4.79 Å². The highest BCUT2D eigenvalue weighted by Crippen LogP contribution is 2.13. The monoisotopic (exact) mass is 255 g/mol. The molecule has 2 atom stereocenters. The summed E-state index contributed by atoms with van der Waals surface area (Å²) < 4.78 is 5.34. The molecule has 0 aromatic carbocycles. The molecule has 0 spiro atoms. The molecule has 1 rings (SSSR count). The second-order valence-electron chi connectivity index (χ2n) is 5.11. The summed E-state index contributed by atoms with van der Waals surface area (Å²) in [7, 11) is 0. The van der Waals surface area contributed by atoms with Gasteiger partial charge in [0.1, 0.15) is 6.04 Å². The molecule has 4 heteroatoms. The van der Waals surface area contributed by atoms with Crippen LogP contribution in [0.5, 0.6) is 0 Å². The number of hydrogen-bond acceptors (Lipinski definition) is 3. The molecule has 104 valence electrons. The summed E-state index contributed by atoms with van der Waals surface area (Å²) in [5.41, 5.74) is 0. The second-order valence-corrected chi connectivity index (χ2v) is 5.11. The zero-order valence-corrected chi connectivity index (χ0v) is 11.5. The molecular formula is C14H25NO3. The Hall–Kier alpha value is -1.06. The van der Waals surface area contributed by atoms with Crippen molar-refractivity contribution in [1.82, 2.24) is 5.32 Å². The molecule has 1 saturated heterocycles. The molecule has 1 aliphatic rings. The van der Waals surface area contributed by atoms with Crippen molar-refractivity contribution >= 4 is 11.9 Å². The van der Waals surface area contributed by atoms with Gasteiger partial charge in [-0.2, -0.15) is 0 Å². The van der Waals surface area contributed by atoms with E-state index in [9.17, 15) is 9.59 Å². The molecule has 0 bridgehead atoms. The van der Waals surface area contributed by atoms with Crippen molar-refractivity contribution in [3.05, 3.63) is 0 Å². The Morgan fingerprint density at radius 2 is 2.11 bits per heavy atom. The normalized spacial score (nSPS) is 20.6. The summed E-state index contributed by atoms with van der Waals surface area (Å²) in [6.07, 6.45) is 7.96. The summed E-state index contributed by atoms with van der Waals surface area (Å²) in [4.78, 5) is 22.7. The highest BCUT2D eigenvalue weighted by molar-refractivity contribution is 5.88. The zero-order valence-electron chi connectivity index (χ0n) is 11.5. The van der Waals surface area contributed by atoms with E-state index in [-0.39, 0.29) is 18.0 Å². The summed E-state index contributed by atoms with van der Waals surface area (Å²) in [5.74, 6) is -0.328. The highest BCUT2D eigenvalue weighted by Gasteiger charge is 2.29.